The first-order chi connectivity index (χ1) is 19.4. The SMILES string of the molecule is CN(C)CCCN(C)c1ccc(-c2cccc(CN(CCCN)C(=O)c3cccnc3)c2)cc1NC(=O)C1CC1. The first kappa shape index (κ1) is 29.2. The molecule has 212 valence electrons. The van der Waals surface area contributed by atoms with Crippen molar-refractivity contribution in [3.05, 3.63) is 78.1 Å². The quantitative estimate of drug-likeness (QED) is 0.312. The van der Waals surface area contributed by atoms with Crippen molar-refractivity contribution >= 4 is 23.2 Å². The van der Waals surface area contributed by atoms with Gasteiger partial charge in [0.05, 0.1) is 16.9 Å². The van der Waals surface area contributed by atoms with Crippen LogP contribution in [0, 0.1) is 5.92 Å². The maximum atomic E-state index is 13.2. The molecule has 0 aliphatic heterocycles. The average Bonchev–Trinajstić information content (AvgIpc) is 3.81. The lowest BCUT2D eigenvalue weighted by atomic mass is 10.0. The van der Waals surface area contributed by atoms with Crippen molar-refractivity contribution in [2.75, 3.05) is 57.5 Å². The molecule has 0 bridgehead atoms. The van der Waals surface area contributed by atoms with Gasteiger partial charge in [-0.1, -0.05) is 24.3 Å². The fourth-order valence-electron chi connectivity index (χ4n) is 4.75. The molecule has 0 spiro atoms. The Morgan fingerprint density at radius 1 is 0.950 bits per heavy atom. The molecule has 1 fully saturated rings. The highest BCUT2D eigenvalue weighted by Gasteiger charge is 2.30. The molecule has 0 saturated heterocycles. The lowest BCUT2D eigenvalue weighted by Gasteiger charge is -2.24. The molecule has 40 heavy (non-hydrogen) atoms. The fraction of sp³-hybridized carbons (Fsp3) is 0.406. The topological polar surface area (TPSA) is 94.8 Å². The number of amides is 2. The van der Waals surface area contributed by atoms with Gasteiger partial charge in [0.1, 0.15) is 0 Å². The molecule has 1 aliphatic carbocycles. The smallest absolute Gasteiger partial charge is 0.255 e. The van der Waals surface area contributed by atoms with Crippen molar-refractivity contribution in [1.82, 2.24) is 14.8 Å². The number of hydrogen-bond acceptors (Lipinski definition) is 6. The normalized spacial score (nSPS) is 12.8. The van der Waals surface area contributed by atoms with E-state index >= 15 is 0 Å². The van der Waals surface area contributed by atoms with Crippen LogP contribution in [-0.4, -0.2) is 73.9 Å². The summed E-state index contributed by atoms with van der Waals surface area (Å²) in [5.74, 6) is 0.160. The van der Waals surface area contributed by atoms with Crippen molar-refractivity contribution in [2.24, 2.45) is 11.7 Å². The Bertz CT molecular complexity index is 1280. The molecule has 0 atom stereocenters. The highest BCUT2D eigenvalue weighted by molar-refractivity contribution is 5.98. The second kappa shape index (κ2) is 14.1. The van der Waals surface area contributed by atoms with Gasteiger partial charge in [0.25, 0.3) is 5.91 Å². The minimum atomic E-state index is -0.0568. The second-order valence-electron chi connectivity index (χ2n) is 10.9. The number of hydrogen-bond donors (Lipinski definition) is 2. The van der Waals surface area contributed by atoms with Crippen molar-refractivity contribution in [2.45, 2.75) is 32.2 Å². The summed E-state index contributed by atoms with van der Waals surface area (Å²) >= 11 is 0. The molecule has 2 aromatic carbocycles. The number of carbonyl (C=O) groups excluding carboxylic acids is 2. The zero-order valence-corrected chi connectivity index (χ0v) is 24.0. The number of carbonyl (C=O) groups is 2. The van der Waals surface area contributed by atoms with E-state index in [9.17, 15) is 9.59 Å². The van der Waals surface area contributed by atoms with Gasteiger partial charge in [0.2, 0.25) is 5.91 Å². The first-order valence-electron chi connectivity index (χ1n) is 14.1. The van der Waals surface area contributed by atoms with E-state index in [1.54, 1.807) is 24.5 Å². The molecule has 1 aromatic heterocycles. The maximum absolute atomic E-state index is 13.2. The van der Waals surface area contributed by atoms with E-state index in [0.29, 0.717) is 25.2 Å². The monoisotopic (exact) mass is 542 g/mol. The summed E-state index contributed by atoms with van der Waals surface area (Å²) in [6.45, 7) is 3.45. The largest absolute Gasteiger partial charge is 0.373 e. The summed E-state index contributed by atoms with van der Waals surface area (Å²) in [5, 5.41) is 3.20. The lowest BCUT2D eigenvalue weighted by molar-refractivity contribution is -0.117. The van der Waals surface area contributed by atoms with Crippen LogP contribution in [0.5, 0.6) is 0 Å². The molecule has 3 aromatic rings. The predicted molar refractivity (Wildman–Crippen MR) is 162 cm³/mol. The summed E-state index contributed by atoms with van der Waals surface area (Å²) in [4.78, 5) is 36.3. The van der Waals surface area contributed by atoms with Crippen molar-refractivity contribution < 1.29 is 9.59 Å². The molecule has 1 heterocycles. The number of rotatable bonds is 14. The molecular weight excluding hydrogens is 500 g/mol. The predicted octanol–water partition coefficient (Wildman–Crippen LogP) is 4.48. The standard InChI is InChI=1S/C32H42N6O2/c1-36(2)17-7-18-37(3)30-14-13-27(21-29(30)35-31(39)25-11-12-25)26-9-4-8-24(20-26)23-38(19-6-15-33)32(40)28-10-5-16-34-22-28/h4-5,8-10,13-14,16,20-22,25H,6-7,11-12,15,17-19,23,33H2,1-3H3,(H,35,39). The summed E-state index contributed by atoms with van der Waals surface area (Å²) in [6, 6.07) is 18.1. The third-order valence-corrected chi connectivity index (χ3v) is 7.17. The lowest BCUT2D eigenvalue weighted by Crippen LogP contribution is -2.32. The molecular formula is C32H42N6O2. The van der Waals surface area contributed by atoms with Crippen LogP contribution in [0.1, 0.15) is 41.6 Å². The van der Waals surface area contributed by atoms with Gasteiger partial charge in [-0.3, -0.25) is 14.6 Å². The average molecular weight is 543 g/mol. The van der Waals surface area contributed by atoms with E-state index in [0.717, 1.165) is 66.8 Å². The van der Waals surface area contributed by atoms with Gasteiger partial charge in [0, 0.05) is 45.0 Å². The van der Waals surface area contributed by atoms with E-state index < -0.39 is 0 Å². The molecule has 1 saturated carbocycles. The Kier molecular flexibility index (Phi) is 10.3. The second-order valence-corrected chi connectivity index (χ2v) is 10.9. The highest BCUT2D eigenvalue weighted by Crippen LogP contribution is 2.35. The maximum Gasteiger partial charge on any atom is 0.255 e. The molecule has 0 unspecified atom stereocenters. The minimum absolute atomic E-state index is 0.0568. The molecule has 8 nitrogen and oxygen atoms in total. The van der Waals surface area contributed by atoms with Crippen molar-refractivity contribution in [1.29, 1.82) is 0 Å². The van der Waals surface area contributed by atoms with Crippen LogP contribution in [0.4, 0.5) is 11.4 Å². The molecule has 1 aliphatic rings. The Labute approximate surface area is 238 Å². The number of pyridine rings is 1. The number of nitrogens with two attached hydrogens (primary N) is 1. The highest BCUT2D eigenvalue weighted by atomic mass is 16.2. The van der Waals surface area contributed by atoms with Crippen LogP contribution in [0.2, 0.25) is 0 Å². The molecule has 3 N–H and O–H groups in total. The van der Waals surface area contributed by atoms with Gasteiger partial charge in [0.15, 0.2) is 0 Å². The van der Waals surface area contributed by atoms with Crippen molar-refractivity contribution in [3.63, 3.8) is 0 Å². The summed E-state index contributed by atoms with van der Waals surface area (Å²) in [5.41, 5.74) is 11.3. The van der Waals surface area contributed by atoms with E-state index in [2.05, 4.69) is 71.6 Å². The summed E-state index contributed by atoms with van der Waals surface area (Å²) in [6.07, 6.45) is 6.93. The van der Waals surface area contributed by atoms with Crippen LogP contribution < -0.4 is 16.0 Å². The van der Waals surface area contributed by atoms with Gasteiger partial charge < -0.3 is 25.8 Å². The van der Waals surface area contributed by atoms with Crippen LogP contribution in [-0.2, 0) is 11.3 Å². The van der Waals surface area contributed by atoms with E-state index in [1.807, 2.05) is 17.0 Å². The molecule has 0 radical (unpaired) electrons. The molecule has 8 heteroatoms. The van der Waals surface area contributed by atoms with E-state index in [4.69, 9.17) is 5.73 Å². The van der Waals surface area contributed by atoms with Gasteiger partial charge in [-0.15, -0.1) is 0 Å². The van der Waals surface area contributed by atoms with Crippen LogP contribution in [0.25, 0.3) is 11.1 Å². The van der Waals surface area contributed by atoms with Gasteiger partial charge in [-0.25, -0.2) is 0 Å². The summed E-state index contributed by atoms with van der Waals surface area (Å²) in [7, 11) is 6.24. The third-order valence-electron chi connectivity index (χ3n) is 7.17. The number of nitrogens with one attached hydrogen (secondary N) is 1. The number of benzene rings is 2. The van der Waals surface area contributed by atoms with Gasteiger partial charge in [-0.05, 0) is 99.9 Å². The van der Waals surface area contributed by atoms with Crippen LogP contribution in [0.15, 0.2) is 67.0 Å². The molecule has 2 amide bonds. The van der Waals surface area contributed by atoms with Crippen molar-refractivity contribution in [3.8, 4) is 11.1 Å². The number of nitrogens with zero attached hydrogens (tertiary/aromatic N) is 4. The fourth-order valence-corrected chi connectivity index (χ4v) is 4.75. The van der Waals surface area contributed by atoms with Crippen LogP contribution in [0.3, 0.4) is 0 Å². The Morgan fingerprint density at radius 2 is 1.75 bits per heavy atom. The first-order valence-corrected chi connectivity index (χ1v) is 14.1. The molecule has 4 rings (SSSR count). The third kappa shape index (κ3) is 8.13. The van der Waals surface area contributed by atoms with E-state index in [1.165, 1.54) is 0 Å². The van der Waals surface area contributed by atoms with Gasteiger partial charge in [-0.2, -0.15) is 0 Å². The summed E-state index contributed by atoms with van der Waals surface area (Å²) < 4.78 is 0. The Morgan fingerprint density at radius 3 is 2.45 bits per heavy atom. The number of aromatic nitrogens is 1. The minimum Gasteiger partial charge on any atom is -0.373 e. The van der Waals surface area contributed by atoms with Crippen LogP contribution >= 0.6 is 0 Å². The van der Waals surface area contributed by atoms with E-state index in [-0.39, 0.29) is 17.7 Å². The number of anilines is 2. The zero-order chi connectivity index (χ0) is 28.5. The van der Waals surface area contributed by atoms with Gasteiger partial charge >= 0.3 is 0 Å². The zero-order valence-electron chi connectivity index (χ0n) is 24.0. The Hall–Kier alpha value is -3.75. The Balaban J connectivity index is 1.57.